The first kappa shape index (κ1) is 18.2. The fraction of sp³-hybridized carbons (Fsp3) is 0.105. The lowest BCUT2D eigenvalue weighted by Gasteiger charge is -2.08. The summed E-state index contributed by atoms with van der Waals surface area (Å²) in [6, 6.07) is 14.7. The van der Waals surface area contributed by atoms with Crippen molar-refractivity contribution in [3.05, 3.63) is 64.6 Å². The molecule has 5 nitrogen and oxygen atoms in total. The van der Waals surface area contributed by atoms with Gasteiger partial charge in [0.15, 0.2) is 6.61 Å². The van der Waals surface area contributed by atoms with Gasteiger partial charge in [-0.05, 0) is 48.4 Å². The number of aryl methyl sites for hydroxylation is 1. The fourth-order valence-corrected chi connectivity index (χ4v) is 3.38. The van der Waals surface area contributed by atoms with Crippen molar-refractivity contribution in [1.82, 2.24) is 5.32 Å². The lowest BCUT2D eigenvalue weighted by molar-refractivity contribution is -0.118. The van der Waals surface area contributed by atoms with E-state index >= 15 is 0 Å². The molecule has 2 amide bonds. The zero-order valence-corrected chi connectivity index (χ0v) is 15.6. The molecule has 2 aromatic rings. The zero-order chi connectivity index (χ0) is 18.5. The number of thiocarbonyl (C=S) groups is 1. The van der Waals surface area contributed by atoms with Gasteiger partial charge >= 0.3 is 0 Å². The molecule has 0 spiro atoms. The van der Waals surface area contributed by atoms with Gasteiger partial charge in [-0.15, -0.1) is 0 Å². The maximum atomic E-state index is 12.0. The minimum atomic E-state index is -0.240. The van der Waals surface area contributed by atoms with E-state index in [1.54, 1.807) is 24.3 Å². The van der Waals surface area contributed by atoms with E-state index in [4.69, 9.17) is 17.0 Å². The Hall–Kier alpha value is -2.64. The van der Waals surface area contributed by atoms with Gasteiger partial charge in [-0.1, -0.05) is 48.2 Å². The van der Waals surface area contributed by atoms with Crippen LogP contribution in [0.15, 0.2) is 53.4 Å². The Morgan fingerprint density at radius 2 is 2.08 bits per heavy atom. The molecule has 0 unspecified atom stereocenters. The van der Waals surface area contributed by atoms with Gasteiger partial charge in [0.05, 0.1) is 4.91 Å². The average Bonchev–Trinajstić information content (AvgIpc) is 2.91. The van der Waals surface area contributed by atoms with Crippen molar-refractivity contribution in [3.8, 4) is 5.75 Å². The number of carbonyl (C=O) groups is 2. The van der Waals surface area contributed by atoms with Crippen LogP contribution in [0.5, 0.6) is 5.75 Å². The van der Waals surface area contributed by atoms with Crippen LogP contribution < -0.4 is 15.4 Å². The summed E-state index contributed by atoms with van der Waals surface area (Å²) in [7, 11) is 0. The Labute approximate surface area is 160 Å². The van der Waals surface area contributed by atoms with Gasteiger partial charge in [0.2, 0.25) is 0 Å². The number of anilines is 1. The molecule has 2 aromatic carbocycles. The predicted molar refractivity (Wildman–Crippen MR) is 108 cm³/mol. The number of ether oxygens (including phenoxy) is 1. The van der Waals surface area contributed by atoms with Crippen LogP contribution in [0.3, 0.4) is 0 Å². The molecule has 1 aliphatic heterocycles. The number of rotatable bonds is 5. The molecule has 3 rings (SSSR count). The first-order valence-corrected chi connectivity index (χ1v) is 9.06. The first-order valence-electron chi connectivity index (χ1n) is 7.84. The second kappa shape index (κ2) is 8.16. The van der Waals surface area contributed by atoms with Crippen molar-refractivity contribution in [1.29, 1.82) is 0 Å². The highest BCUT2D eigenvalue weighted by Gasteiger charge is 2.21. The summed E-state index contributed by atoms with van der Waals surface area (Å²) >= 11 is 6.19. The third-order valence-electron chi connectivity index (χ3n) is 3.47. The van der Waals surface area contributed by atoms with Gasteiger partial charge in [-0.25, -0.2) is 0 Å². The first-order chi connectivity index (χ1) is 12.5. The molecule has 0 aliphatic carbocycles. The summed E-state index contributed by atoms with van der Waals surface area (Å²) in [6.07, 6.45) is 1.74. The average molecular weight is 384 g/mol. The highest BCUT2D eigenvalue weighted by molar-refractivity contribution is 8.26. The molecule has 7 heteroatoms. The Kier molecular flexibility index (Phi) is 5.70. The number of amides is 2. The number of nitrogens with one attached hydrogen (secondary N) is 2. The third-order valence-corrected chi connectivity index (χ3v) is 4.63. The molecule has 1 fully saturated rings. The van der Waals surface area contributed by atoms with Crippen molar-refractivity contribution < 1.29 is 14.3 Å². The van der Waals surface area contributed by atoms with Gasteiger partial charge in [0, 0.05) is 5.69 Å². The van der Waals surface area contributed by atoms with Crippen molar-refractivity contribution in [3.63, 3.8) is 0 Å². The number of thioether (sulfide) groups is 1. The number of carbonyl (C=O) groups excluding carboxylic acids is 2. The summed E-state index contributed by atoms with van der Waals surface area (Å²) in [6.45, 7) is 1.86. The quantitative estimate of drug-likeness (QED) is 0.610. The van der Waals surface area contributed by atoms with Crippen LogP contribution in [0.1, 0.15) is 11.1 Å². The molecule has 0 atom stereocenters. The molecular formula is C19H16N2O3S2. The van der Waals surface area contributed by atoms with Crippen LogP contribution in [0.2, 0.25) is 0 Å². The highest BCUT2D eigenvalue weighted by atomic mass is 32.2. The largest absolute Gasteiger partial charge is 0.484 e. The van der Waals surface area contributed by atoms with Gasteiger partial charge < -0.3 is 15.4 Å². The van der Waals surface area contributed by atoms with Crippen LogP contribution in [0, 0.1) is 6.92 Å². The predicted octanol–water partition coefficient (Wildman–Crippen LogP) is 3.50. The van der Waals surface area contributed by atoms with Gasteiger partial charge in [0.1, 0.15) is 10.1 Å². The van der Waals surface area contributed by atoms with E-state index in [9.17, 15) is 9.59 Å². The van der Waals surface area contributed by atoms with Gasteiger partial charge in [-0.3, -0.25) is 9.59 Å². The topological polar surface area (TPSA) is 67.4 Å². The van der Waals surface area contributed by atoms with Crippen LogP contribution >= 0.6 is 24.0 Å². The molecule has 1 heterocycles. The lowest BCUT2D eigenvalue weighted by Crippen LogP contribution is -2.20. The van der Waals surface area contributed by atoms with Crippen LogP contribution in [-0.4, -0.2) is 22.7 Å². The summed E-state index contributed by atoms with van der Waals surface area (Å²) in [5, 5.41) is 5.36. The molecule has 0 radical (unpaired) electrons. The summed E-state index contributed by atoms with van der Waals surface area (Å²) in [4.78, 5) is 24.3. The molecule has 0 bridgehead atoms. The Bertz CT molecular complexity index is 909. The van der Waals surface area contributed by atoms with Crippen LogP contribution in [0.25, 0.3) is 6.08 Å². The Balaban J connectivity index is 1.60. The van der Waals surface area contributed by atoms with Crippen LogP contribution in [-0.2, 0) is 9.59 Å². The van der Waals surface area contributed by atoms with E-state index < -0.39 is 0 Å². The Morgan fingerprint density at radius 1 is 1.27 bits per heavy atom. The smallest absolute Gasteiger partial charge is 0.263 e. The summed E-state index contributed by atoms with van der Waals surface area (Å²) in [5.41, 5.74) is 2.60. The second-order valence-corrected chi connectivity index (χ2v) is 7.35. The van der Waals surface area contributed by atoms with E-state index in [1.165, 1.54) is 11.8 Å². The van der Waals surface area contributed by atoms with Crippen molar-refractivity contribution in [2.75, 3.05) is 11.9 Å². The minimum absolute atomic E-state index is 0.104. The summed E-state index contributed by atoms with van der Waals surface area (Å²) in [5.74, 6) is 0.101. The zero-order valence-electron chi connectivity index (χ0n) is 13.9. The van der Waals surface area contributed by atoms with Crippen molar-refractivity contribution in [2.45, 2.75) is 6.92 Å². The molecule has 1 saturated heterocycles. The molecule has 0 aromatic heterocycles. The molecule has 132 valence electrons. The van der Waals surface area contributed by atoms with E-state index in [0.717, 1.165) is 16.8 Å². The summed E-state index contributed by atoms with van der Waals surface area (Å²) < 4.78 is 5.99. The molecule has 0 saturated carbocycles. The van der Waals surface area contributed by atoms with E-state index in [2.05, 4.69) is 10.6 Å². The van der Waals surface area contributed by atoms with E-state index in [-0.39, 0.29) is 18.4 Å². The number of benzene rings is 2. The van der Waals surface area contributed by atoms with Gasteiger partial charge in [-0.2, -0.15) is 0 Å². The standard InChI is InChI=1S/C19H16N2O3S2/c1-12-4-2-6-14(8-12)20-17(22)11-24-15-7-3-5-13(9-15)10-16-18(23)21-19(25)26-16/h2-10H,11H2,1H3,(H,20,22)(H,21,23,25)/b16-10-. The van der Waals surface area contributed by atoms with E-state index in [0.29, 0.717) is 15.0 Å². The lowest BCUT2D eigenvalue weighted by atomic mass is 10.2. The molecular weight excluding hydrogens is 368 g/mol. The number of hydrogen-bond donors (Lipinski definition) is 2. The molecule has 1 aliphatic rings. The SMILES string of the molecule is Cc1cccc(NC(=O)COc2cccc(/C=C3\SC(=S)NC3=O)c2)c1. The third kappa shape index (κ3) is 4.93. The monoisotopic (exact) mass is 384 g/mol. The van der Waals surface area contributed by atoms with Crippen LogP contribution in [0.4, 0.5) is 5.69 Å². The van der Waals surface area contributed by atoms with Crippen molar-refractivity contribution >= 4 is 51.9 Å². The molecule has 2 N–H and O–H groups in total. The van der Waals surface area contributed by atoms with E-state index in [1.807, 2.05) is 37.3 Å². The Morgan fingerprint density at radius 3 is 2.81 bits per heavy atom. The highest BCUT2D eigenvalue weighted by Crippen LogP contribution is 2.26. The second-order valence-electron chi connectivity index (χ2n) is 5.63. The maximum absolute atomic E-state index is 12.0. The number of hydrogen-bond acceptors (Lipinski definition) is 5. The minimum Gasteiger partial charge on any atom is -0.484 e. The van der Waals surface area contributed by atoms with Crippen molar-refractivity contribution in [2.24, 2.45) is 0 Å². The van der Waals surface area contributed by atoms with Gasteiger partial charge in [0.25, 0.3) is 11.8 Å². The maximum Gasteiger partial charge on any atom is 0.263 e. The molecule has 26 heavy (non-hydrogen) atoms. The normalized spacial score (nSPS) is 15.0. The fourth-order valence-electron chi connectivity index (χ4n) is 2.34.